The molecule has 0 fully saturated rings. The molecule has 0 N–H and O–H groups in total. The van der Waals surface area contributed by atoms with Crippen molar-refractivity contribution in [1.82, 2.24) is 0 Å². The average molecular weight is 871 g/mol. The minimum atomic E-state index is 0.476. The molecule has 0 amide bonds. The molecule has 0 aliphatic heterocycles. The Bertz CT molecular complexity index is 4180. The van der Waals surface area contributed by atoms with Crippen LogP contribution in [0.5, 0.6) is 0 Å². The summed E-state index contributed by atoms with van der Waals surface area (Å²) in [5.41, 5.74) is 22.6. The zero-order valence-corrected chi connectivity index (χ0v) is 40.4. The molecule has 12 aromatic carbocycles. The van der Waals surface area contributed by atoms with Gasteiger partial charge in [0.1, 0.15) is 0 Å². The maximum Gasteiger partial charge on any atom is -0.00255 e. The quantitative estimate of drug-likeness (QED) is 0.122. The van der Waals surface area contributed by atoms with Crippen molar-refractivity contribution in [2.24, 2.45) is 0 Å². The Hall–Kier alpha value is -7.54. The third kappa shape index (κ3) is 5.93. The molecule has 12 aromatic rings. The first-order valence-electron chi connectivity index (χ1n) is 24.5. The SMILES string of the molecule is CC1=C(c2cc3cc(-c4c(C)cc(C)c5ccccc45)cc4c5cc(-c6c(C)cc(C)c7ccccc67)cc6cc(-c7c(C)cc(C)c8ccccc78)cc(c(c2)c34)c65)c2ccccc2C(C)C1. The fourth-order valence-electron chi connectivity index (χ4n) is 13.3. The van der Waals surface area contributed by atoms with E-state index in [2.05, 4.69) is 219 Å². The molecule has 0 saturated heterocycles. The first kappa shape index (κ1) is 40.7. The van der Waals surface area contributed by atoms with Crippen molar-refractivity contribution < 1.29 is 0 Å². The standard InChI is InChI=1S/C68H54/c1-37-25-41(5)63(55-21-13-9-17-51(37)55)47-29-45-30-48(64-42(6)26-38(2)52-18-10-14-22-56(52)64)35-61-62-36-50(66-44(8)28-40(4)54-20-12-16-24-58(54)66)32-46-31-49(34-60(68(46)62)59(33-47)67(45)61)65-43(7)27-39(3)53-19-11-15-23-57(53)65/h9-27,29-36,40H,28H2,1-8H3. The lowest BCUT2D eigenvalue weighted by molar-refractivity contribution is 0.738. The van der Waals surface area contributed by atoms with Crippen LogP contribution in [0, 0.1) is 41.5 Å². The highest BCUT2D eigenvalue weighted by molar-refractivity contribution is 6.35. The van der Waals surface area contributed by atoms with Crippen molar-refractivity contribution in [3.8, 4) is 33.4 Å². The molecular weight excluding hydrogens is 817 g/mol. The van der Waals surface area contributed by atoms with Gasteiger partial charge in [-0.1, -0.05) is 128 Å². The molecule has 0 saturated carbocycles. The van der Waals surface area contributed by atoms with Crippen molar-refractivity contribution in [1.29, 1.82) is 0 Å². The summed E-state index contributed by atoms with van der Waals surface area (Å²) < 4.78 is 0. The molecule has 0 spiro atoms. The monoisotopic (exact) mass is 870 g/mol. The Morgan fingerprint density at radius 3 is 1.07 bits per heavy atom. The number of aryl methyl sites for hydroxylation is 6. The first-order valence-corrected chi connectivity index (χ1v) is 24.5. The fourth-order valence-corrected chi connectivity index (χ4v) is 13.3. The van der Waals surface area contributed by atoms with Gasteiger partial charge in [0.2, 0.25) is 0 Å². The molecule has 1 aliphatic carbocycles. The van der Waals surface area contributed by atoms with Crippen molar-refractivity contribution in [3.05, 3.63) is 219 Å². The van der Waals surface area contributed by atoms with Crippen molar-refractivity contribution >= 4 is 81.0 Å². The predicted molar refractivity (Wildman–Crippen MR) is 296 cm³/mol. The summed E-state index contributed by atoms with van der Waals surface area (Å²) in [6.07, 6.45) is 1.05. The topological polar surface area (TPSA) is 0 Å². The molecule has 0 heterocycles. The summed E-state index contributed by atoms with van der Waals surface area (Å²) in [7, 11) is 0. The van der Waals surface area contributed by atoms with Crippen LogP contribution < -0.4 is 0 Å². The number of fused-ring (bicyclic) bond motifs is 6. The normalized spacial score (nSPS) is 14.2. The van der Waals surface area contributed by atoms with Crippen LogP contribution in [0.4, 0.5) is 0 Å². The van der Waals surface area contributed by atoms with Gasteiger partial charge in [0.25, 0.3) is 0 Å². The molecule has 1 aliphatic rings. The lowest BCUT2D eigenvalue weighted by Gasteiger charge is -2.28. The largest absolute Gasteiger partial charge is 0.0643 e. The van der Waals surface area contributed by atoms with Gasteiger partial charge in [-0.15, -0.1) is 0 Å². The van der Waals surface area contributed by atoms with Gasteiger partial charge in [0, 0.05) is 0 Å². The van der Waals surface area contributed by atoms with Crippen LogP contribution in [0.25, 0.3) is 114 Å². The van der Waals surface area contributed by atoms with Gasteiger partial charge in [0.05, 0.1) is 0 Å². The first-order chi connectivity index (χ1) is 33.0. The van der Waals surface area contributed by atoms with Crippen LogP contribution >= 0.6 is 0 Å². The molecule has 326 valence electrons. The Morgan fingerprint density at radius 2 is 0.662 bits per heavy atom. The summed E-state index contributed by atoms with van der Waals surface area (Å²) >= 11 is 0. The predicted octanol–water partition coefficient (Wildman–Crippen LogP) is 19.4. The molecule has 0 nitrogen and oxygen atoms in total. The molecule has 0 radical (unpaired) electrons. The van der Waals surface area contributed by atoms with Gasteiger partial charge < -0.3 is 0 Å². The van der Waals surface area contributed by atoms with Crippen LogP contribution in [0.3, 0.4) is 0 Å². The molecule has 1 unspecified atom stereocenters. The third-order valence-electron chi connectivity index (χ3n) is 16.0. The van der Waals surface area contributed by atoms with Crippen molar-refractivity contribution in [2.45, 2.75) is 67.7 Å². The van der Waals surface area contributed by atoms with Crippen LogP contribution in [0.1, 0.15) is 76.3 Å². The molecule has 68 heavy (non-hydrogen) atoms. The summed E-state index contributed by atoms with van der Waals surface area (Å²) in [6.45, 7) is 18.4. The zero-order valence-electron chi connectivity index (χ0n) is 40.4. The third-order valence-corrected chi connectivity index (χ3v) is 16.0. The van der Waals surface area contributed by atoms with Crippen LogP contribution in [0.2, 0.25) is 0 Å². The second kappa shape index (κ2) is 15.0. The minimum absolute atomic E-state index is 0.476. The number of allylic oxidation sites excluding steroid dienone is 1. The Morgan fingerprint density at radius 1 is 0.324 bits per heavy atom. The van der Waals surface area contributed by atoms with E-state index in [-0.39, 0.29) is 0 Å². The van der Waals surface area contributed by atoms with E-state index in [0.717, 1.165) is 6.42 Å². The van der Waals surface area contributed by atoms with E-state index in [1.54, 1.807) is 0 Å². The average Bonchev–Trinajstić information content (AvgIpc) is 3.33. The number of rotatable bonds is 4. The van der Waals surface area contributed by atoms with Gasteiger partial charge in [-0.3, -0.25) is 0 Å². The fraction of sp³-hybridized carbons (Fsp3) is 0.147. The van der Waals surface area contributed by atoms with Gasteiger partial charge in [-0.05, 0) is 274 Å². The molecular formula is C68H54. The van der Waals surface area contributed by atoms with Crippen LogP contribution in [-0.4, -0.2) is 0 Å². The van der Waals surface area contributed by atoms with Crippen LogP contribution in [-0.2, 0) is 0 Å². The maximum atomic E-state index is 2.57. The zero-order chi connectivity index (χ0) is 46.3. The van der Waals surface area contributed by atoms with E-state index in [1.807, 2.05) is 0 Å². The van der Waals surface area contributed by atoms with Gasteiger partial charge >= 0.3 is 0 Å². The second-order valence-electron chi connectivity index (χ2n) is 20.4. The highest BCUT2D eigenvalue weighted by Gasteiger charge is 2.26. The maximum absolute atomic E-state index is 2.57. The molecule has 0 aromatic heterocycles. The molecule has 0 heteroatoms. The van der Waals surface area contributed by atoms with E-state index in [0.29, 0.717) is 5.92 Å². The summed E-state index contributed by atoms with van der Waals surface area (Å²) in [5, 5.41) is 18.3. The van der Waals surface area contributed by atoms with Gasteiger partial charge in [-0.25, -0.2) is 0 Å². The summed E-state index contributed by atoms with van der Waals surface area (Å²) in [6, 6.07) is 63.6. The lowest BCUT2D eigenvalue weighted by atomic mass is 9.76. The van der Waals surface area contributed by atoms with E-state index in [1.165, 1.54) is 170 Å². The van der Waals surface area contributed by atoms with E-state index >= 15 is 0 Å². The summed E-state index contributed by atoms with van der Waals surface area (Å²) in [5.74, 6) is 0.476. The highest BCUT2D eigenvalue weighted by atomic mass is 14.3. The van der Waals surface area contributed by atoms with E-state index < -0.39 is 0 Å². The Kier molecular flexibility index (Phi) is 8.97. The number of hydrogen-bond acceptors (Lipinski definition) is 0. The Labute approximate surface area is 399 Å². The lowest BCUT2D eigenvalue weighted by Crippen LogP contribution is -2.08. The molecule has 1 atom stereocenters. The molecule has 0 bridgehead atoms. The second-order valence-corrected chi connectivity index (χ2v) is 20.4. The van der Waals surface area contributed by atoms with Crippen LogP contribution in [0.15, 0.2) is 169 Å². The smallest absolute Gasteiger partial charge is 0.00255 e. The molecule has 13 rings (SSSR count). The summed E-state index contributed by atoms with van der Waals surface area (Å²) in [4.78, 5) is 0. The van der Waals surface area contributed by atoms with E-state index in [4.69, 9.17) is 0 Å². The van der Waals surface area contributed by atoms with Gasteiger partial charge in [0.15, 0.2) is 0 Å². The number of benzene rings is 12. The van der Waals surface area contributed by atoms with E-state index in [9.17, 15) is 0 Å². The minimum Gasteiger partial charge on any atom is -0.0643 e. The van der Waals surface area contributed by atoms with Gasteiger partial charge in [-0.2, -0.15) is 0 Å². The van der Waals surface area contributed by atoms with Crippen molar-refractivity contribution in [2.75, 3.05) is 0 Å². The highest BCUT2D eigenvalue weighted by Crippen LogP contribution is 2.50. The Balaban J connectivity index is 1.24. The number of hydrogen-bond donors (Lipinski definition) is 0. The van der Waals surface area contributed by atoms with Crippen molar-refractivity contribution in [3.63, 3.8) is 0 Å².